The second-order valence-electron chi connectivity index (χ2n) is 5.83. The van der Waals surface area contributed by atoms with Crippen molar-refractivity contribution >= 4 is 16.7 Å². The monoisotopic (exact) mass is 331 g/mol. The first-order valence-corrected chi connectivity index (χ1v) is 8.14. The Morgan fingerprint density at radius 3 is 2.52 bits per heavy atom. The van der Waals surface area contributed by atoms with E-state index >= 15 is 0 Å². The third kappa shape index (κ3) is 2.99. The second-order valence-corrected chi connectivity index (χ2v) is 5.83. The molecule has 25 heavy (non-hydrogen) atoms. The van der Waals surface area contributed by atoms with Gasteiger partial charge in [-0.15, -0.1) is 0 Å². The maximum absolute atomic E-state index is 10.9. The van der Waals surface area contributed by atoms with E-state index in [-0.39, 0.29) is 11.8 Å². The summed E-state index contributed by atoms with van der Waals surface area (Å²) in [6, 6.07) is 17.5. The summed E-state index contributed by atoms with van der Waals surface area (Å²) in [5.74, 6) is 1.11. The van der Waals surface area contributed by atoms with E-state index in [1.807, 2.05) is 79.4 Å². The summed E-state index contributed by atoms with van der Waals surface area (Å²) in [5.41, 5.74) is 2.54. The summed E-state index contributed by atoms with van der Waals surface area (Å²) in [6.45, 7) is 0. The molecule has 0 saturated heterocycles. The van der Waals surface area contributed by atoms with Gasteiger partial charge in [-0.1, -0.05) is 6.07 Å². The molecule has 0 spiro atoms. The fourth-order valence-electron chi connectivity index (χ4n) is 3.00. The van der Waals surface area contributed by atoms with Gasteiger partial charge in [0.2, 0.25) is 0 Å². The summed E-state index contributed by atoms with van der Waals surface area (Å²) < 4.78 is 0. The van der Waals surface area contributed by atoms with Crippen LogP contribution in [-0.4, -0.2) is 5.11 Å². The summed E-state index contributed by atoms with van der Waals surface area (Å²) in [6.07, 6.45) is 7.47. The number of hydrogen-bond acceptors (Lipinski definition) is 2. The first-order valence-electron chi connectivity index (χ1n) is 8.14. The van der Waals surface area contributed by atoms with Gasteiger partial charge < -0.3 is 5.11 Å². The Balaban J connectivity index is 1.85. The van der Waals surface area contributed by atoms with E-state index in [4.69, 9.17) is 0 Å². The van der Waals surface area contributed by atoms with Gasteiger partial charge in [0.1, 0.15) is 0 Å². The molecule has 1 unspecified atom stereocenters. The molecule has 0 amide bonds. The first kappa shape index (κ1) is 15.1. The molecule has 4 rings (SSSR count). The number of pyridine rings is 3. The number of benzene rings is 1. The Labute approximate surface area is 145 Å². The van der Waals surface area contributed by atoms with Crippen molar-refractivity contribution < 1.29 is 20.1 Å². The molecule has 0 fully saturated rings. The molecule has 0 saturated carbocycles. The summed E-state index contributed by atoms with van der Waals surface area (Å²) >= 11 is 0. The molecule has 5 heteroatoms. The predicted molar refractivity (Wildman–Crippen MR) is 93.6 cm³/mol. The number of H-pyrrole nitrogens is 3. The van der Waals surface area contributed by atoms with Gasteiger partial charge in [0, 0.05) is 23.8 Å². The fraction of sp³-hybridized carbons (Fsp3) is 0.0500. The molecule has 3 aromatic heterocycles. The minimum absolute atomic E-state index is 0.214. The van der Waals surface area contributed by atoms with Crippen LogP contribution < -0.4 is 20.3 Å². The van der Waals surface area contributed by atoms with E-state index in [2.05, 4.69) is 20.3 Å². The van der Waals surface area contributed by atoms with Crippen molar-refractivity contribution in [2.75, 3.05) is 5.32 Å². The van der Waals surface area contributed by atoms with Crippen LogP contribution in [0.3, 0.4) is 0 Å². The van der Waals surface area contributed by atoms with Crippen molar-refractivity contribution in [3.63, 3.8) is 0 Å². The average Bonchev–Trinajstić information content (AvgIpc) is 2.69. The highest BCUT2D eigenvalue weighted by molar-refractivity contribution is 5.83. The van der Waals surface area contributed by atoms with Crippen LogP contribution in [0.4, 0.5) is 5.82 Å². The van der Waals surface area contributed by atoms with Gasteiger partial charge in [-0.3, -0.25) is 5.32 Å². The lowest BCUT2D eigenvalue weighted by Crippen LogP contribution is -2.20. The minimum Gasteiger partial charge on any atom is -0.502 e. The third-order valence-electron chi connectivity index (χ3n) is 4.23. The molecule has 1 atom stereocenters. The van der Waals surface area contributed by atoms with Gasteiger partial charge in [-0.2, -0.15) is 0 Å². The van der Waals surface area contributed by atoms with Gasteiger partial charge in [0.05, 0.1) is 17.1 Å². The van der Waals surface area contributed by atoms with Crippen LogP contribution in [0, 0.1) is 0 Å². The van der Waals surface area contributed by atoms with Gasteiger partial charge in [-0.25, -0.2) is 15.0 Å². The Bertz CT molecular complexity index is 990. The first-order chi connectivity index (χ1) is 12.3. The lowest BCUT2D eigenvalue weighted by Gasteiger charge is -2.15. The van der Waals surface area contributed by atoms with Crippen molar-refractivity contribution in [3.05, 3.63) is 90.5 Å². The maximum Gasteiger partial charge on any atom is 0.272 e. The normalized spacial score (nSPS) is 12.0. The number of anilines is 1. The van der Waals surface area contributed by atoms with Crippen molar-refractivity contribution in [2.24, 2.45) is 0 Å². The maximum atomic E-state index is 10.9. The molecule has 0 aliphatic carbocycles. The Hall–Kier alpha value is -3.47. The molecule has 4 aromatic rings. The number of nitrogens with one attached hydrogen (secondary N) is 4. The van der Waals surface area contributed by atoms with E-state index in [1.165, 1.54) is 0 Å². The van der Waals surface area contributed by atoms with Crippen LogP contribution in [-0.2, 0) is 0 Å². The Morgan fingerprint density at radius 1 is 0.840 bits per heavy atom. The van der Waals surface area contributed by atoms with E-state index in [0.717, 1.165) is 27.8 Å². The number of phenols is 1. The average molecular weight is 331 g/mol. The quantitative estimate of drug-likeness (QED) is 0.601. The summed E-state index contributed by atoms with van der Waals surface area (Å²) in [7, 11) is 0. The topological polar surface area (TPSA) is 74.7 Å². The van der Waals surface area contributed by atoms with Crippen LogP contribution in [0.2, 0.25) is 0 Å². The van der Waals surface area contributed by atoms with Gasteiger partial charge in [0.15, 0.2) is 30.4 Å². The van der Waals surface area contributed by atoms with Crippen molar-refractivity contribution in [1.82, 2.24) is 0 Å². The highest BCUT2D eigenvalue weighted by Gasteiger charge is 2.26. The van der Waals surface area contributed by atoms with Crippen LogP contribution in [0.5, 0.6) is 5.75 Å². The zero-order chi connectivity index (χ0) is 17.1. The second kappa shape index (κ2) is 6.57. The summed E-state index contributed by atoms with van der Waals surface area (Å²) in [5, 5.41) is 15.3. The van der Waals surface area contributed by atoms with Gasteiger partial charge >= 0.3 is 0 Å². The van der Waals surface area contributed by atoms with Crippen molar-refractivity contribution in [1.29, 1.82) is 0 Å². The van der Waals surface area contributed by atoms with Crippen molar-refractivity contribution in [2.45, 2.75) is 6.04 Å². The third-order valence-corrected chi connectivity index (χ3v) is 4.23. The number of aromatic amines is 3. The Kier molecular flexibility index (Phi) is 3.96. The van der Waals surface area contributed by atoms with E-state index in [0.29, 0.717) is 0 Å². The van der Waals surface area contributed by atoms with Crippen LogP contribution >= 0.6 is 0 Å². The molecular weight excluding hydrogens is 312 g/mol. The van der Waals surface area contributed by atoms with E-state index in [9.17, 15) is 5.11 Å². The largest absolute Gasteiger partial charge is 0.502 e. The van der Waals surface area contributed by atoms with E-state index in [1.54, 1.807) is 0 Å². The zero-order valence-corrected chi connectivity index (χ0v) is 13.5. The van der Waals surface area contributed by atoms with Crippen LogP contribution in [0.1, 0.15) is 17.2 Å². The molecule has 5 nitrogen and oxygen atoms in total. The molecule has 5 N–H and O–H groups in total. The smallest absolute Gasteiger partial charge is 0.272 e. The number of fused-ring (bicyclic) bond motifs is 1. The predicted octanol–water partition coefficient (Wildman–Crippen LogP) is 2.19. The highest BCUT2D eigenvalue weighted by atomic mass is 16.3. The number of rotatable bonds is 4. The van der Waals surface area contributed by atoms with E-state index < -0.39 is 0 Å². The number of aromatic nitrogens is 3. The lowest BCUT2D eigenvalue weighted by atomic mass is 9.97. The Morgan fingerprint density at radius 2 is 1.72 bits per heavy atom. The fourth-order valence-corrected chi connectivity index (χ4v) is 3.00. The van der Waals surface area contributed by atoms with Crippen LogP contribution in [0.15, 0.2) is 79.4 Å². The molecular formula is C20H19N4O+3. The number of hydrogen-bond donors (Lipinski definition) is 2. The van der Waals surface area contributed by atoms with Crippen LogP contribution in [0.25, 0.3) is 10.9 Å². The molecule has 0 aliphatic rings. The van der Waals surface area contributed by atoms with Crippen molar-refractivity contribution in [3.8, 4) is 5.75 Å². The lowest BCUT2D eigenvalue weighted by molar-refractivity contribution is -0.378. The summed E-state index contributed by atoms with van der Waals surface area (Å²) in [4.78, 5) is 9.43. The zero-order valence-electron chi connectivity index (χ0n) is 13.5. The SMILES string of the molecule is Oc1c(C(Nc2cccc[nH+]2)c2ccc[nH+]c2)ccc2ccc[nH+]c12. The molecule has 0 radical (unpaired) electrons. The highest BCUT2D eigenvalue weighted by Crippen LogP contribution is 2.34. The minimum atomic E-state index is -0.214. The molecule has 0 aliphatic heterocycles. The molecule has 122 valence electrons. The molecule has 3 heterocycles. The number of phenolic OH excluding ortho intramolecular Hbond substituents is 1. The standard InChI is InChI=1S/C20H16N4O/c25-20-16(9-8-14-5-4-12-23-19(14)20)18(15-6-3-10-21-13-15)24-17-7-1-2-11-22-17/h1-13,18,25H,(H,22,24)/p+3. The molecule has 1 aromatic carbocycles. The number of aromatic hydroxyl groups is 1. The molecule has 0 bridgehead atoms. The van der Waals surface area contributed by atoms with Gasteiger partial charge in [0.25, 0.3) is 11.3 Å². The van der Waals surface area contributed by atoms with Gasteiger partial charge in [-0.05, 0) is 30.3 Å².